The van der Waals surface area contributed by atoms with Gasteiger partial charge in [-0.15, -0.1) is 11.8 Å². The van der Waals surface area contributed by atoms with Gasteiger partial charge in [-0.1, -0.05) is 19.1 Å². The van der Waals surface area contributed by atoms with E-state index in [0.29, 0.717) is 0 Å². The van der Waals surface area contributed by atoms with E-state index in [1.165, 1.54) is 36.4 Å². The Morgan fingerprint density at radius 3 is 2.73 bits per heavy atom. The van der Waals surface area contributed by atoms with Gasteiger partial charge >= 0.3 is 0 Å². The zero-order valence-electron chi connectivity index (χ0n) is 9.33. The number of rotatable bonds is 3. The van der Waals surface area contributed by atoms with Gasteiger partial charge in [0, 0.05) is 16.7 Å². The Bertz CT molecular complexity index is 288. The van der Waals surface area contributed by atoms with Crippen molar-refractivity contribution < 1.29 is 0 Å². The third-order valence-corrected chi connectivity index (χ3v) is 4.17. The van der Waals surface area contributed by atoms with Crippen LogP contribution in [0.1, 0.15) is 25.3 Å². The fraction of sp³-hybridized carbons (Fsp3) is 0.538. The molecule has 1 aromatic carbocycles. The van der Waals surface area contributed by atoms with Crippen molar-refractivity contribution in [1.29, 1.82) is 0 Å². The summed E-state index contributed by atoms with van der Waals surface area (Å²) in [6, 6.07) is 9.02. The maximum absolute atomic E-state index is 3.46. The molecule has 2 rings (SSSR count). The molecule has 0 radical (unpaired) electrons. The Hall–Kier alpha value is -0.470. The molecule has 1 aromatic rings. The van der Waals surface area contributed by atoms with Crippen molar-refractivity contribution in [1.82, 2.24) is 5.32 Å². The number of hydrogen-bond donors (Lipinski definition) is 1. The molecule has 1 aliphatic rings. The number of thioether (sulfide) groups is 1. The molecule has 2 heteroatoms. The van der Waals surface area contributed by atoms with Crippen LogP contribution in [0.15, 0.2) is 29.2 Å². The molecule has 15 heavy (non-hydrogen) atoms. The van der Waals surface area contributed by atoms with Crippen molar-refractivity contribution >= 4 is 11.8 Å². The van der Waals surface area contributed by atoms with Crippen molar-refractivity contribution in [2.24, 2.45) is 0 Å². The predicted octanol–water partition coefficient (Wildman–Crippen LogP) is 3.09. The molecule has 1 heterocycles. The maximum atomic E-state index is 3.46. The summed E-state index contributed by atoms with van der Waals surface area (Å²) in [5, 5.41) is 4.23. The molecule has 0 saturated carbocycles. The number of nitrogens with one attached hydrogen (secondary N) is 1. The molecule has 1 unspecified atom stereocenters. The van der Waals surface area contributed by atoms with Crippen LogP contribution in [0.2, 0.25) is 0 Å². The molecular weight excluding hydrogens is 202 g/mol. The molecule has 1 fully saturated rings. The van der Waals surface area contributed by atoms with Gasteiger partial charge in [-0.3, -0.25) is 0 Å². The van der Waals surface area contributed by atoms with Gasteiger partial charge in [0.15, 0.2) is 0 Å². The molecule has 1 saturated heterocycles. The second-order valence-corrected chi connectivity index (χ2v) is 5.46. The van der Waals surface area contributed by atoms with Crippen molar-refractivity contribution in [3.8, 4) is 0 Å². The molecule has 0 amide bonds. The third kappa shape index (κ3) is 3.25. The fourth-order valence-corrected chi connectivity index (χ4v) is 3.08. The van der Waals surface area contributed by atoms with Gasteiger partial charge in [-0.05, 0) is 43.5 Å². The zero-order chi connectivity index (χ0) is 10.5. The Kier molecular flexibility index (Phi) is 4.09. The number of hydrogen-bond acceptors (Lipinski definition) is 2. The first-order chi connectivity index (χ1) is 7.38. The lowest BCUT2D eigenvalue weighted by Crippen LogP contribution is -2.31. The molecular formula is C13H19NS. The minimum atomic E-state index is 0.770. The SMILES string of the molecule is CCc1ccc(SC2CCCNC2)cc1. The van der Waals surface area contributed by atoms with Crippen molar-refractivity contribution in [2.75, 3.05) is 13.1 Å². The summed E-state index contributed by atoms with van der Waals surface area (Å²) in [4.78, 5) is 1.42. The Labute approximate surface area is 96.7 Å². The highest BCUT2D eigenvalue weighted by Gasteiger charge is 2.13. The molecule has 1 nitrogen and oxygen atoms in total. The van der Waals surface area contributed by atoms with Crippen LogP contribution in [-0.2, 0) is 6.42 Å². The quantitative estimate of drug-likeness (QED) is 0.842. The van der Waals surface area contributed by atoms with Crippen LogP contribution in [-0.4, -0.2) is 18.3 Å². The van der Waals surface area contributed by atoms with Crippen LogP contribution >= 0.6 is 11.8 Å². The van der Waals surface area contributed by atoms with Crippen molar-refractivity contribution in [3.63, 3.8) is 0 Å². The normalized spacial score (nSPS) is 21.5. The first-order valence-corrected chi connectivity index (χ1v) is 6.73. The predicted molar refractivity (Wildman–Crippen MR) is 67.6 cm³/mol. The molecule has 1 aliphatic heterocycles. The summed E-state index contributed by atoms with van der Waals surface area (Å²) in [5.41, 5.74) is 1.43. The lowest BCUT2D eigenvalue weighted by atomic mass is 10.2. The van der Waals surface area contributed by atoms with Gasteiger partial charge in [0.2, 0.25) is 0 Å². The van der Waals surface area contributed by atoms with Crippen LogP contribution in [0.5, 0.6) is 0 Å². The highest BCUT2D eigenvalue weighted by Crippen LogP contribution is 2.27. The summed E-state index contributed by atoms with van der Waals surface area (Å²) in [6.07, 6.45) is 3.81. The van der Waals surface area contributed by atoms with E-state index in [1.54, 1.807) is 0 Å². The van der Waals surface area contributed by atoms with Crippen LogP contribution in [0.4, 0.5) is 0 Å². The first-order valence-electron chi connectivity index (χ1n) is 5.85. The Morgan fingerprint density at radius 1 is 1.33 bits per heavy atom. The lowest BCUT2D eigenvalue weighted by Gasteiger charge is -2.22. The number of piperidine rings is 1. The van der Waals surface area contributed by atoms with Gasteiger partial charge in [0.25, 0.3) is 0 Å². The average molecular weight is 221 g/mol. The summed E-state index contributed by atoms with van der Waals surface area (Å²) in [7, 11) is 0. The van der Waals surface area contributed by atoms with E-state index in [0.717, 1.165) is 11.7 Å². The summed E-state index contributed by atoms with van der Waals surface area (Å²) < 4.78 is 0. The molecule has 0 spiro atoms. The monoisotopic (exact) mass is 221 g/mol. The van der Waals surface area contributed by atoms with Crippen LogP contribution in [0.25, 0.3) is 0 Å². The van der Waals surface area contributed by atoms with Gasteiger partial charge < -0.3 is 5.32 Å². The minimum Gasteiger partial charge on any atom is -0.316 e. The van der Waals surface area contributed by atoms with E-state index >= 15 is 0 Å². The topological polar surface area (TPSA) is 12.0 Å². The van der Waals surface area contributed by atoms with E-state index in [9.17, 15) is 0 Å². The van der Waals surface area contributed by atoms with E-state index in [2.05, 4.69) is 36.5 Å². The standard InChI is InChI=1S/C13H19NS/c1-2-11-5-7-12(8-6-11)15-13-4-3-9-14-10-13/h5-8,13-14H,2-4,9-10H2,1H3. The van der Waals surface area contributed by atoms with Gasteiger partial charge in [-0.2, -0.15) is 0 Å². The van der Waals surface area contributed by atoms with Crippen molar-refractivity contribution in [2.45, 2.75) is 36.3 Å². The molecule has 82 valence electrons. The fourth-order valence-electron chi connectivity index (χ4n) is 1.92. The summed E-state index contributed by atoms with van der Waals surface area (Å²) in [6.45, 7) is 4.57. The molecule has 1 atom stereocenters. The third-order valence-electron chi connectivity index (χ3n) is 2.89. The zero-order valence-corrected chi connectivity index (χ0v) is 10.1. The van der Waals surface area contributed by atoms with Gasteiger partial charge in [0.1, 0.15) is 0 Å². The lowest BCUT2D eigenvalue weighted by molar-refractivity contribution is 0.531. The van der Waals surface area contributed by atoms with Crippen LogP contribution in [0.3, 0.4) is 0 Å². The van der Waals surface area contributed by atoms with Crippen LogP contribution in [0, 0.1) is 0 Å². The molecule has 1 N–H and O–H groups in total. The van der Waals surface area contributed by atoms with Gasteiger partial charge in [0.05, 0.1) is 0 Å². The van der Waals surface area contributed by atoms with Crippen molar-refractivity contribution in [3.05, 3.63) is 29.8 Å². The second-order valence-electron chi connectivity index (χ2n) is 4.08. The summed E-state index contributed by atoms with van der Waals surface area (Å²) in [5.74, 6) is 0. The molecule has 0 aliphatic carbocycles. The van der Waals surface area contributed by atoms with Gasteiger partial charge in [-0.25, -0.2) is 0 Å². The minimum absolute atomic E-state index is 0.770. The van der Waals surface area contributed by atoms with Crippen LogP contribution < -0.4 is 5.32 Å². The largest absolute Gasteiger partial charge is 0.316 e. The Balaban J connectivity index is 1.91. The molecule has 0 aromatic heterocycles. The molecule has 0 bridgehead atoms. The van der Waals surface area contributed by atoms with E-state index in [-0.39, 0.29) is 0 Å². The van der Waals surface area contributed by atoms with E-state index in [1.807, 2.05) is 11.8 Å². The van der Waals surface area contributed by atoms with E-state index in [4.69, 9.17) is 0 Å². The maximum Gasteiger partial charge on any atom is 0.0220 e. The highest BCUT2D eigenvalue weighted by atomic mass is 32.2. The first kappa shape index (κ1) is 11.0. The second kappa shape index (κ2) is 5.57. The Morgan fingerprint density at radius 2 is 2.13 bits per heavy atom. The number of benzene rings is 1. The highest BCUT2D eigenvalue weighted by molar-refractivity contribution is 8.00. The smallest absolute Gasteiger partial charge is 0.0220 e. The number of aryl methyl sites for hydroxylation is 1. The summed E-state index contributed by atoms with van der Waals surface area (Å²) >= 11 is 2.02. The average Bonchev–Trinajstić information content (AvgIpc) is 2.31. The van der Waals surface area contributed by atoms with E-state index < -0.39 is 0 Å².